The summed E-state index contributed by atoms with van der Waals surface area (Å²) in [5, 5.41) is 44.3. The van der Waals surface area contributed by atoms with E-state index >= 15 is 0 Å². The maximum atomic E-state index is 11.5. The van der Waals surface area contributed by atoms with Crippen LogP contribution in [0.1, 0.15) is 112 Å². The van der Waals surface area contributed by atoms with Gasteiger partial charge in [0, 0.05) is 61.0 Å². The van der Waals surface area contributed by atoms with Crippen LogP contribution in [0.3, 0.4) is 0 Å². The van der Waals surface area contributed by atoms with Crippen LogP contribution in [0.4, 0.5) is 0 Å². The van der Waals surface area contributed by atoms with Gasteiger partial charge in [-0.1, -0.05) is 68.4 Å². The van der Waals surface area contributed by atoms with Crippen LogP contribution in [0.5, 0.6) is 23.0 Å². The zero-order valence-corrected chi connectivity index (χ0v) is 36.5. The van der Waals surface area contributed by atoms with Crippen molar-refractivity contribution in [1.82, 2.24) is 0 Å². The zero-order valence-electron chi connectivity index (χ0n) is 36.5. The van der Waals surface area contributed by atoms with E-state index in [0.29, 0.717) is 19.6 Å². The van der Waals surface area contributed by atoms with Crippen molar-refractivity contribution in [3.63, 3.8) is 0 Å². The first-order valence-corrected chi connectivity index (χ1v) is 20.7. The van der Waals surface area contributed by atoms with Gasteiger partial charge in [0.2, 0.25) is 0 Å². The normalized spacial score (nSPS) is 12.8. The number of benzene rings is 5. The predicted molar refractivity (Wildman–Crippen MR) is 235 cm³/mol. The van der Waals surface area contributed by atoms with E-state index in [1.54, 1.807) is 21.3 Å². The van der Waals surface area contributed by atoms with Gasteiger partial charge in [-0.25, -0.2) is 0 Å². The molecule has 0 saturated carbocycles. The number of phenols is 4. The van der Waals surface area contributed by atoms with Crippen LogP contribution < -0.4 is 0 Å². The lowest BCUT2D eigenvalue weighted by atomic mass is 9.67. The average molecular weight is 805 g/mol. The van der Waals surface area contributed by atoms with E-state index in [-0.39, 0.29) is 42.8 Å². The van der Waals surface area contributed by atoms with Gasteiger partial charge in [-0.2, -0.15) is 0 Å². The van der Waals surface area contributed by atoms with E-state index < -0.39 is 10.8 Å². The molecule has 0 radical (unpaired) electrons. The van der Waals surface area contributed by atoms with Crippen molar-refractivity contribution in [3.8, 4) is 23.0 Å². The number of ether oxygens (including phenoxy) is 4. The van der Waals surface area contributed by atoms with Gasteiger partial charge >= 0.3 is 0 Å². The minimum absolute atomic E-state index is 0.221. The highest BCUT2D eigenvalue weighted by molar-refractivity contribution is 5.55. The third kappa shape index (κ3) is 9.63. The van der Waals surface area contributed by atoms with Gasteiger partial charge in [0.15, 0.2) is 0 Å². The molecule has 0 aliphatic carbocycles. The second-order valence-electron chi connectivity index (χ2n) is 16.2. The van der Waals surface area contributed by atoms with Crippen LogP contribution in [0.2, 0.25) is 0 Å². The van der Waals surface area contributed by atoms with Crippen molar-refractivity contribution in [3.05, 3.63) is 151 Å². The summed E-state index contributed by atoms with van der Waals surface area (Å²) in [6.45, 7) is 13.6. The van der Waals surface area contributed by atoms with Gasteiger partial charge in [0.05, 0.1) is 26.4 Å². The van der Waals surface area contributed by atoms with E-state index in [0.717, 1.165) is 92.4 Å². The molecule has 8 nitrogen and oxygen atoms in total. The van der Waals surface area contributed by atoms with E-state index in [2.05, 4.69) is 74.5 Å². The fraction of sp³-hybridized carbons (Fsp3) is 0.412. The molecule has 1 unspecified atom stereocenters. The third-order valence-electron chi connectivity index (χ3n) is 12.3. The standard InChI is InChI=1S/C51H64O8/c1-10-50(42-20-33(3)46(52)38(24-42)29-56-7,43-21-34(4)47(53)39(25-43)30-57-8)18-15-19-59-32-41-27-45(23-36(6)49(41)55)51(11-2,28-37-16-13-12-14-17-37)44-22-35(5)48(54)40(26-44)31-58-9/h12-14,16-17,20-27,52-55H,10-11,15,18-19,28-32H2,1-9H3. The molecule has 0 spiro atoms. The summed E-state index contributed by atoms with van der Waals surface area (Å²) in [5.74, 6) is 0.930. The lowest BCUT2D eigenvalue weighted by Gasteiger charge is -2.36. The highest BCUT2D eigenvalue weighted by Crippen LogP contribution is 2.46. The summed E-state index contributed by atoms with van der Waals surface area (Å²) < 4.78 is 22.9. The van der Waals surface area contributed by atoms with Crippen molar-refractivity contribution in [2.75, 3.05) is 27.9 Å². The number of phenolic OH excluding ortho intramolecular Hbond substituents is 4. The van der Waals surface area contributed by atoms with Crippen LogP contribution in [-0.2, 0) is 62.6 Å². The van der Waals surface area contributed by atoms with Crippen molar-refractivity contribution < 1.29 is 39.4 Å². The Morgan fingerprint density at radius 1 is 0.475 bits per heavy atom. The Labute approximate surface area is 351 Å². The van der Waals surface area contributed by atoms with E-state index in [9.17, 15) is 20.4 Å². The van der Waals surface area contributed by atoms with Crippen molar-refractivity contribution in [2.45, 2.75) is 111 Å². The average Bonchev–Trinajstić information content (AvgIpc) is 3.22. The molecule has 0 heterocycles. The topological polar surface area (TPSA) is 118 Å². The minimum Gasteiger partial charge on any atom is -0.507 e. The number of methoxy groups -OCH3 is 3. The maximum absolute atomic E-state index is 11.5. The van der Waals surface area contributed by atoms with Crippen LogP contribution in [0.15, 0.2) is 78.9 Å². The van der Waals surface area contributed by atoms with Crippen molar-refractivity contribution in [2.24, 2.45) is 0 Å². The molecule has 8 heteroatoms. The van der Waals surface area contributed by atoms with Gasteiger partial charge in [0.1, 0.15) is 23.0 Å². The molecule has 5 aromatic carbocycles. The molecule has 5 rings (SSSR count). The Morgan fingerprint density at radius 2 is 0.831 bits per heavy atom. The first-order chi connectivity index (χ1) is 28.3. The summed E-state index contributed by atoms with van der Waals surface area (Å²) in [6.07, 6.45) is 3.67. The minimum atomic E-state index is -0.482. The van der Waals surface area contributed by atoms with Crippen LogP contribution >= 0.6 is 0 Å². The summed E-state index contributed by atoms with van der Waals surface area (Å²) in [4.78, 5) is 0. The Kier molecular flexibility index (Phi) is 15.3. The van der Waals surface area contributed by atoms with Gasteiger partial charge in [-0.3, -0.25) is 0 Å². The quantitative estimate of drug-likeness (QED) is 0.0575. The SMILES string of the molecule is CCC(CCCOCc1cc(C(CC)(Cc2ccccc2)c2cc(C)c(O)c(COC)c2)cc(C)c1O)(c1cc(C)c(O)c(COC)c1)c1cc(C)c(O)c(COC)c1. The second kappa shape index (κ2) is 19.9. The summed E-state index contributed by atoms with van der Waals surface area (Å²) >= 11 is 0. The highest BCUT2D eigenvalue weighted by atomic mass is 16.5. The Bertz CT molecular complexity index is 2130. The number of aryl methyl sites for hydroxylation is 4. The van der Waals surface area contributed by atoms with Crippen molar-refractivity contribution in [1.29, 1.82) is 0 Å². The summed E-state index contributed by atoms with van der Waals surface area (Å²) in [6, 6.07) is 27.0. The number of aromatic hydroxyl groups is 4. The molecule has 0 amide bonds. The molecule has 5 aromatic rings. The first-order valence-electron chi connectivity index (χ1n) is 20.7. The fourth-order valence-corrected chi connectivity index (χ4v) is 8.97. The molecule has 0 saturated heterocycles. The molecule has 0 bridgehead atoms. The van der Waals surface area contributed by atoms with Crippen LogP contribution in [0.25, 0.3) is 0 Å². The second-order valence-corrected chi connectivity index (χ2v) is 16.2. The molecular weight excluding hydrogens is 741 g/mol. The molecular formula is C51H64O8. The largest absolute Gasteiger partial charge is 0.507 e. The molecule has 1 atom stereocenters. The van der Waals surface area contributed by atoms with Gasteiger partial charge in [-0.15, -0.1) is 0 Å². The van der Waals surface area contributed by atoms with Gasteiger partial charge in [0.25, 0.3) is 0 Å². The summed E-state index contributed by atoms with van der Waals surface area (Å²) in [7, 11) is 4.88. The Balaban J connectivity index is 1.49. The molecule has 4 N–H and O–H groups in total. The van der Waals surface area contributed by atoms with Gasteiger partial charge in [-0.05, 0) is 134 Å². The maximum Gasteiger partial charge on any atom is 0.124 e. The van der Waals surface area contributed by atoms with E-state index in [4.69, 9.17) is 18.9 Å². The zero-order chi connectivity index (χ0) is 42.9. The fourth-order valence-electron chi connectivity index (χ4n) is 8.97. The third-order valence-corrected chi connectivity index (χ3v) is 12.3. The lowest BCUT2D eigenvalue weighted by molar-refractivity contribution is 0.111. The number of rotatable bonds is 20. The van der Waals surface area contributed by atoms with E-state index in [1.807, 2.05) is 45.9 Å². The smallest absolute Gasteiger partial charge is 0.124 e. The molecule has 0 aliphatic rings. The van der Waals surface area contributed by atoms with Crippen LogP contribution in [0, 0.1) is 27.7 Å². The molecule has 0 fully saturated rings. The lowest BCUT2D eigenvalue weighted by Crippen LogP contribution is -2.30. The first kappa shape index (κ1) is 45.2. The van der Waals surface area contributed by atoms with Crippen molar-refractivity contribution >= 4 is 0 Å². The highest BCUT2D eigenvalue weighted by Gasteiger charge is 2.36. The Morgan fingerprint density at radius 3 is 1.19 bits per heavy atom. The van der Waals surface area contributed by atoms with Crippen LogP contribution in [-0.4, -0.2) is 48.4 Å². The molecule has 0 aromatic heterocycles. The number of hydrogen-bond acceptors (Lipinski definition) is 8. The molecule has 59 heavy (non-hydrogen) atoms. The molecule has 316 valence electrons. The molecule has 0 aliphatic heterocycles. The monoisotopic (exact) mass is 804 g/mol. The number of hydrogen-bond donors (Lipinski definition) is 4. The summed E-state index contributed by atoms with van der Waals surface area (Å²) in [5.41, 5.74) is 10.5. The van der Waals surface area contributed by atoms with E-state index in [1.165, 1.54) is 5.56 Å². The predicted octanol–water partition coefficient (Wildman–Crippen LogP) is 10.8. The van der Waals surface area contributed by atoms with Gasteiger partial charge < -0.3 is 39.4 Å². The Hall–Kier alpha value is -4.86.